The van der Waals surface area contributed by atoms with E-state index >= 15 is 0 Å². The van der Waals surface area contributed by atoms with Gasteiger partial charge in [-0.2, -0.15) is 0 Å². The summed E-state index contributed by atoms with van der Waals surface area (Å²) in [6, 6.07) is 35.0. The molecule has 4 aromatic carbocycles. The number of amides is 5. The lowest BCUT2D eigenvalue weighted by molar-refractivity contribution is -0.150. The second-order valence-corrected chi connectivity index (χ2v) is 13.2. The van der Waals surface area contributed by atoms with E-state index in [1.165, 1.54) is 0 Å². The van der Waals surface area contributed by atoms with Gasteiger partial charge in [-0.1, -0.05) is 85.8 Å². The van der Waals surface area contributed by atoms with Crippen LogP contribution in [0.5, 0.6) is 0 Å². The van der Waals surface area contributed by atoms with Crippen LogP contribution in [0.1, 0.15) is 24.2 Å². The van der Waals surface area contributed by atoms with Gasteiger partial charge in [0, 0.05) is 16.7 Å². The molecule has 0 aromatic heterocycles. The van der Waals surface area contributed by atoms with Crippen molar-refractivity contribution in [3.63, 3.8) is 0 Å². The Bertz CT molecular complexity index is 2010. The van der Waals surface area contributed by atoms with Gasteiger partial charge in [0.2, 0.25) is 23.6 Å². The molecule has 0 spiro atoms. The summed E-state index contributed by atoms with van der Waals surface area (Å²) in [7, 11) is 0. The minimum Gasteiger partial charge on any atom is -0.341 e. The van der Waals surface area contributed by atoms with Crippen LogP contribution in [0, 0.1) is 29.1 Å². The van der Waals surface area contributed by atoms with Crippen molar-refractivity contribution in [1.29, 1.82) is 0 Å². The Morgan fingerprint density at radius 1 is 0.612 bits per heavy atom. The smallest absolute Gasteiger partial charge is 0.252 e. The number of nitrogens with zero attached hydrogens (tertiary/aromatic N) is 3. The van der Waals surface area contributed by atoms with E-state index < -0.39 is 64.2 Å². The summed E-state index contributed by atoms with van der Waals surface area (Å²) in [6.07, 6.45) is 1.76. The van der Waals surface area contributed by atoms with Gasteiger partial charge in [0.25, 0.3) is 5.91 Å². The molecule has 2 saturated heterocycles. The molecule has 3 fully saturated rings. The minimum absolute atomic E-state index is 0.307. The molecular formula is C40H32N4O5. The lowest BCUT2D eigenvalue weighted by Gasteiger charge is -2.60. The molecule has 49 heavy (non-hydrogen) atoms. The molecule has 2 bridgehead atoms. The van der Waals surface area contributed by atoms with Gasteiger partial charge >= 0.3 is 0 Å². The standard InChI is InChI=1S/C40H32N4O5/c1-24(41-26-17-9-4-10-18-26)29-23-40(42-34(45)25-15-7-3-8-16-25)32-30(35(46)43(37(32)48)27-19-11-5-12-20-27)39(29,2)31-33(40)38(49)44(36(31)47)28-21-13-6-14-22-28/h3-23,30-33H,1-2H3,(H,42,45)/t30-,31+,32+,33-,39?,40?. The number of anilines is 2. The van der Waals surface area contributed by atoms with Crippen molar-refractivity contribution in [3.05, 3.63) is 139 Å². The second-order valence-electron chi connectivity index (χ2n) is 13.2. The lowest BCUT2D eigenvalue weighted by atomic mass is 9.41. The number of para-hydroxylation sites is 3. The first-order valence-electron chi connectivity index (χ1n) is 16.3. The SMILES string of the molecule is CC(=Nc1ccccc1)C1=CC2(NC(=O)c3ccccc3)[C@@H]3C(=O)N(c4ccccc4)C(=O)[C@@H]3C1(C)[C@@H]1C(=O)N(c3ccccc3)C(=O)[C@@H]12. The third kappa shape index (κ3) is 4.24. The second kappa shape index (κ2) is 11.1. The van der Waals surface area contributed by atoms with Gasteiger partial charge in [-0.15, -0.1) is 0 Å². The average molecular weight is 649 g/mol. The first-order chi connectivity index (χ1) is 23.7. The maximum absolute atomic E-state index is 14.8. The molecule has 2 aliphatic heterocycles. The number of carbonyl (C=O) groups excluding carboxylic acids is 5. The predicted octanol–water partition coefficient (Wildman–Crippen LogP) is 5.52. The highest BCUT2D eigenvalue weighted by atomic mass is 16.2. The first-order valence-corrected chi connectivity index (χ1v) is 16.3. The number of benzene rings is 4. The van der Waals surface area contributed by atoms with Crippen molar-refractivity contribution < 1.29 is 24.0 Å². The molecule has 1 saturated carbocycles. The summed E-state index contributed by atoms with van der Waals surface area (Å²) in [5.41, 5.74) is -0.324. The summed E-state index contributed by atoms with van der Waals surface area (Å²) in [6.45, 7) is 3.60. The van der Waals surface area contributed by atoms with E-state index in [9.17, 15) is 24.0 Å². The zero-order chi connectivity index (χ0) is 34.1. The van der Waals surface area contributed by atoms with Crippen molar-refractivity contribution >= 4 is 52.3 Å². The number of imide groups is 2. The summed E-state index contributed by atoms with van der Waals surface area (Å²) in [4.78, 5) is 80.6. The van der Waals surface area contributed by atoms with Gasteiger partial charge < -0.3 is 5.32 Å². The van der Waals surface area contributed by atoms with Crippen molar-refractivity contribution in [2.75, 3.05) is 9.80 Å². The van der Waals surface area contributed by atoms with Gasteiger partial charge in [-0.3, -0.25) is 29.0 Å². The van der Waals surface area contributed by atoms with E-state index in [1.807, 2.05) is 30.3 Å². The molecule has 0 radical (unpaired) electrons. The molecule has 2 heterocycles. The first kappa shape index (κ1) is 30.4. The van der Waals surface area contributed by atoms with Gasteiger partial charge in [0.1, 0.15) is 0 Å². The number of hydrogen-bond acceptors (Lipinski definition) is 6. The maximum atomic E-state index is 14.8. The Kier molecular flexibility index (Phi) is 6.85. The molecule has 2 unspecified atom stereocenters. The van der Waals surface area contributed by atoms with Crippen LogP contribution in [0.3, 0.4) is 0 Å². The highest BCUT2D eigenvalue weighted by Crippen LogP contribution is 2.68. The highest BCUT2D eigenvalue weighted by molar-refractivity contribution is 6.29. The number of nitrogens with one attached hydrogen (secondary N) is 1. The van der Waals surface area contributed by atoms with E-state index in [-0.39, 0.29) is 0 Å². The molecular weight excluding hydrogens is 616 g/mol. The van der Waals surface area contributed by atoms with Crippen LogP contribution in [-0.2, 0) is 19.2 Å². The third-order valence-electron chi connectivity index (χ3n) is 10.7. The summed E-state index contributed by atoms with van der Waals surface area (Å²) >= 11 is 0. The van der Waals surface area contributed by atoms with E-state index in [2.05, 4.69) is 5.32 Å². The monoisotopic (exact) mass is 648 g/mol. The lowest BCUT2D eigenvalue weighted by Crippen LogP contribution is -2.73. The van der Waals surface area contributed by atoms with Gasteiger partial charge in [0.05, 0.1) is 46.3 Å². The van der Waals surface area contributed by atoms with Crippen LogP contribution in [0.4, 0.5) is 17.1 Å². The van der Waals surface area contributed by atoms with E-state index in [1.54, 1.807) is 111 Å². The largest absolute Gasteiger partial charge is 0.341 e. The van der Waals surface area contributed by atoms with Crippen LogP contribution in [0.2, 0.25) is 0 Å². The number of aliphatic imine (C=N–C) groups is 1. The number of hydrogen-bond donors (Lipinski definition) is 1. The fourth-order valence-corrected chi connectivity index (χ4v) is 8.77. The topological polar surface area (TPSA) is 116 Å². The van der Waals surface area contributed by atoms with Gasteiger partial charge in [0.15, 0.2) is 0 Å². The van der Waals surface area contributed by atoms with Crippen molar-refractivity contribution in [3.8, 4) is 0 Å². The molecule has 4 aromatic rings. The van der Waals surface area contributed by atoms with Crippen LogP contribution >= 0.6 is 0 Å². The number of carbonyl (C=O) groups is 5. The van der Waals surface area contributed by atoms with Crippen LogP contribution < -0.4 is 15.1 Å². The minimum atomic E-state index is -1.75. The molecule has 5 aliphatic rings. The summed E-state index contributed by atoms with van der Waals surface area (Å²) in [5, 5.41) is 3.12. The Morgan fingerprint density at radius 2 is 1.02 bits per heavy atom. The molecule has 9 rings (SSSR count). The Hall–Kier alpha value is -5.96. The fourth-order valence-electron chi connectivity index (χ4n) is 8.77. The van der Waals surface area contributed by atoms with Crippen LogP contribution in [0.15, 0.2) is 138 Å². The third-order valence-corrected chi connectivity index (χ3v) is 10.7. The summed E-state index contributed by atoms with van der Waals surface area (Å²) in [5.74, 6) is -7.13. The summed E-state index contributed by atoms with van der Waals surface area (Å²) < 4.78 is 0. The molecule has 242 valence electrons. The highest BCUT2D eigenvalue weighted by Gasteiger charge is 2.80. The number of rotatable bonds is 6. The van der Waals surface area contributed by atoms with Gasteiger partial charge in [-0.25, -0.2) is 9.80 Å². The van der Waals surface area contributed by atoms with Crippen LogP contribution in [-0.4, -0.2) is 40.8 Å². The molecule has 6 atom stereocenters. The molecule has 9 heteroatoms. The number of allylic oxidation sites excluding steroid dienone is 1. The normalized spacial score (nSPS) is 28.8. The van der Waals surface area contributed by atoms with Crippen LogP contribution in [0.25, 0.3) is 0 Å². The fraction of sp³-hybridized carbons (Fsp3) is 0.200. The quantitative estimate of drug-likeness (QED) is 0.218. The zero-order valence-electron chi connectivity index (χ0n) is 26.8. The Morgan fingerprint density at radius 3 is 1.49 bits per heavy atom. The predicted molar refractivity (Wildman–Crippen MR) is 184 cm³/mol. The molecule has 5 amide bonds. The zero-order valence-corrected chi connectivity index (χ0v) is 26.8. The molecule has 3 aliphatic carbocycles. The van der Waals surface area contributed by atoms with E-state index in [4.69, 9.17) is 4.99 Å². The van der Waals surface area contributed by atoms with Crippen molar-refractivity contribution in [1.82, 2.24) is 5.32 Å². The average Bonchev–Trinajstić information content (AvgIpc) is 3.57. The van der Waals surface area contributed by atoms with Gasteiger partial charge in [-0.05, 0) is 61.0 Å². The van der Waals surface area contributed by atoms with Crippen molar-refractivity contribution in [2.24, 2.45) is 34.1 Å². The Labute approximate surface area is 283 Å². The van der Waals surface area contributed by atoms with Crippen molar-refractivity contribution in [2.45, 2.75) is 19.4 Å². The molecule has 1 N–H and O–H groups in total. The molecule has 9 nitrogen and oxygen atoms in total. The Balaban J connectivity index is 1.40. The van der Waals surface area contributed by atoms with E-state index in [0.29, 0.717) is 33.9 Å². The van der Waals surface area contributed by atoms with E-state index in [0.717, 1.165) is 9.80 Å². The maximum Gasteiger partial charge on any atom is 0.252 e.